The molecule has 0 radical (unpaired) electrons. The topological polar surface area (TPSA) is 90.0 Å². The normalized spacial score (nSPS) is 22.6. The van der Waals surface area contributed by atoms with Crippen LogP contribution in [0.5, 0.6) is 0 Å². The first kappa shape index (κ1) is 19.2. The van der Waals surface area contributed by atoms with Crippen molar-refractivity contribution in [3.63, 3.8) is 0 Å². The number of urea groups is 1. The molecule has 7 heteroatoms. The smallest absolute Gasteiger partial charge is 0.321 e. The lowest BCUT2D eigenvalue weighted by Crippen LogP contribution is -2.37. The number of rotatable bonds is 3. The van der Waals surface area contributed by atoms with Crippen molar-refractivity contribution in [2.75, 3.05) is 31.5 Å². The average Bonchev–Trinajstić information content (AvgIpc) is 3.07. The molecule has 2 heterocycles. The van der Waals surface area contributed by atoms with Crippen LogP contribution in [0.1, 0.15) is 48.5 Å². The molecule has 0 saturated carbocycles. The standard InChI is InChI=1S/C20H27N3O4/c1-14-6-7-15(12-16(14)17(24)22-9-4-3-5-10-22)21-19(27)23-11-8-20(2,13-23)18(25)26/h6-7,12H,3-5,8-11,13H2,1-2H3,(H,21,27)(H,25,26). The molecule has 27 heavy (non-hydrogen) atoms. The number of aryl methyl sites for hydroxylation is 1. The Kier molecular flexibility index (Phi) is 5.39. The number of carbonyl (C=O) groups is 3. The first-order chi connectivity index (χ1) is 12.8. The van der Waals surface area contributed by atoms with Crippen LogP contribution in [-0.2, 0) is 4.79 Å². The number of hydrogen-bond acceptors (Lipinski definition) is 3. The zero-order chi connectivity index (χ0) is 19.6. The van der Waals surface area contributed by atoms with Gasteiger partial charge in [-0.05, 0) is 57.2 Å². The number of carboxylic acids is 1. The average molecular weight is 373 g/mol. The zero-order valence-corrected chi connectivity index (χ0v) is 16.0. The summed E-state index contributed by atoms with van der Waals surface area (Å²) in [5.74, 6) is -0.884. The van der Waals surface area contributed by atoms with Crippen molar-refractivity contribution in [2.24, 2.45) is 5.41 Å². The fourth-order valence-electron chi connectivity index (χ4n) is 3.71. The predicted octanol–water partition coefficient (Wildman–Crippen LogP) is 2.95. The lowest BCUT2D eigenvalue weighted by Gasteiger charge is -2.27. The van der Waals surface area contributed by atoms with Gasteiger partial charge >= 0.3 is 12.0 Å². The van der Waals surface area contributed by atoms with Gasteiger partial charge < -0.3 is 20.2 Å². The maximum absolute atomic E-state index is 12.8. The summed E-state index contributed by atoms with van der Waals surface area (Å²) < 4.78 is 0. The molecule has 2 aliphatic rings. The Morgan fingerprint density at radius 3 is 2.41 bits per heavy atom. The molecule has 0 spiro atoms. The Morgan fingerprint density at radius 2 is 1.78 bits per heavy atom. The van der Waals surface area contributed by atoms with Crippen LogP contribution in [0.15, 0.2) is 18.2 Å². The van der Waals surface area contributed by atoms with Gasteiger partial charge in [-0.1, -0.05) is 6.07 Å². The van der Waals surface area contributed by atoms with Crippen molar-refractivity contribution in [2.45, 2.75) is 39.5 Å². The molecule has 0 bridgehead atoms. The van der Waals surface area contributed by atoms with Crippen LogP contribution in [-0.4, -0.2) is 59.0 Å². The Hall–Kier alpha value is -2.57. The maximum atomic E-state index is 12.8. The molecule has 0 aliphatic carbocycles. The Morgan fingerprint density at radius 1 is 1.07 bits per heavy atom. The van der Waals surface area contributed by atoms with Crippen molar-refractivity contribution in [3.05, 3.63) is 29.3 Å². The molecule has 7 nitrogen and oxygen atoms in total. The highest BCUT2D eigenvalue weighted by atomic mass is 16.4. The second kappa shape index (κ2) is 7.58. The van der Waals surface area contributed by atoms with Gasteiger partial charge in [-0.15, -0.1) is 0 Å². The number of likely N-dealkylation sites (tertiary alicyclic amines) is 2. The lowest BCUT2D eigenvalue weighted by molar-refractivity contribution is -0.146. The van der Waals surface area contributed by atoms with E-state index in [9.17, 15) is 19.5 Å². The van der Waals surface area contributed by atoms with Crippen molar-refractivity contribution >= 4 is 23.6 Å². The number of anilines is 1. The van der Waals surface area contributed by atoms with Gasteiger partial charge in [-0.3, -0.25) is 9.59 Å². The molecule has 2 N–H and O–H groups in total. The Labute approximate surface area is 159 Å². The van der Waals surface area contributed by atoms with E-state index in [4.69, 9.17) is 0 Å². The molecular formula is C20H27N3O4. The van der Waals surface area contributed by atoms with E-state index in [0.29, 0.717) is 24.2 Å². The third-order valence-corrected chi connectivity index (χ3v) is 5.64. The maximum Gasteiger partial charge on any atom is 0.321 e. The van der Waals surface area contributed by atoms with E-state index in [-0.39, 0.29) is 18.5 Å². The summed E-state index contributed by atoms with van der Waals surface area (Å²) in [6.45, 7) is 5.68. The number of aliphatic carboxylic acids is 1. The minimum Gasteiger partial charge on any atom is -0.481 e. The van der Waals surface area contributed by atoms with Gasteiger partial charge in [-0.2, -0.15) is 0 Å². The second-order valence-corrected chi connectivity index (χ2v) is 7.85. The summed E-state index contributed by atoms with van der Waals surface area (Å²) >= 11 is 0. The van der Waals surface area contributed by atoms with Crippen molar-refractivity contribution in [1.82, 2.24) is 9.80 Å². The number of amides is 3. The number of hydrogen-bond donors (Lipinski definition) is 2. The SMILES string of the molecule is Cc1ccc(NC(=O)N2CCC(C)(C(=O)O)C2)cc1C(=O)N1CCCCC1. The Balaban J connectivity index is 1.70. The second-order valence-electron chi connectivity index (χ2n) is 7.85. The van der Waals surface area contributed by atoms with Crippen LogP contribution < -0.4 is 5.32 Å². The molecule has 1 atom stereocenters. The van der Waals surface area contributed by atoms with Gasteiger partial charge in [0.1, 0.15) is 0 Å². The molecule has 0 aromatic heterocycles. The molecule has 1 aromatic carbocycles. The minimum absolute atomic E-state index is 0.00271. The zero-order valence-electron chi connectivity index (χ0n) is 16.0. The third-order valence-electron chi connectivity index (χ3n) is 5.64. The summed E-state index contributed by atoms with van der Waals surface area (Å²) in [6.07, 6.45) is 3.64. The highest BCUT2D eigenvalue weighted by Gasteiger charge is 2.42. The molecule has 2 fully saturated rings. The van der Waals surface area contributed by atoms with Crippen LogP contribution in [0, 0.1) is 12.3 Å². The van der Waals surface area contributed by atoms with E-state index in [1.54, 1.807) is 19.1 Å². The number of nitrogens with zero attached hydrogens (tertiary/aromatic N) is 2. The van der Waals surface area contributed by atoms with E-state index >= 15 is 0 Å². The lowest BCUT2D eigenvalue weighted by atomic mass is 9.90. The summed E-state index contributed by atoms with van der Waals surface area (Å²) in [6, 6.07) is 4.99. The number of carboxylic acid groups (broad SMARTS) is 1. The van der Waals surface area contributed by atoms with E-state index in [1.165, 1.54) is 4.90 Å². The van der Waals surface area contributed by atoms with Gasteiger partial charge in [0.2, 0.25) is 0 Å². The Bertz CT molecular complexity index is 758. The highest BCUT2D eigenvalue weighted by molar-refractivity contribution is 5.98. The molecule has 1 aromatic rings. The summed E-state index contributed by atoms with van der Waals surface area (Å²) in [5.41, 5.74) is 1.13. The first-order valence-electron chi connectivity index (χ1n) is 9.49. The van der Waals surface area contributed by atoms with Gasteiger partial charge in [0.25, 0.3) is 5.91 Å². The van der Waals surface area contributed by atoms with Crippen molar-refractivity contribution < 1.29 is 19.5 Å². The van der Waals surface area contributed by atoms with E-state index < -0.39 is 11.4 Å². The fourth-order valence-corrected chi connectivity index (χ4v) is 3.71. The molecule has 146 valence electrons. The number of nitrogens with one attached hydrogen (secondary N) is 1. The van der Waals surface area contributed by atoms with Crippen LogP contribution in [0.4, 0.5) is 10.5 Å². The number of piperidine rings is 1. The van der Waals surface area contributed by atoms with Gasteiger partial charge in [0.15, 0.2) is 0 Å². The molecule has 2 aliphatic heterocycles. The molecule has 3 rings (SSSR count). The van der Waals surface area contributed by atoms with Crippen molar-refractivity contribution in [1.29, 1.82) is 0 Å². The first-order valence-corrected chi connectivity index (χ1v) is 9.49. The summed E-state index contributed by atoms with van der Waals surface area (Å²) in [7, 11) is 0. The van der Waals surface area contributed by atoms with Gasteiger partial charge in [-0.25, -0.2) is 4.79 Å². The summed E-state index contributed by atoms with van der Waals surface area (Å²) in [5, 5.41) is 12.1. The number of carbonyl (C=O) groups excluding carboxylic acids is 2. The van der Waals surface area contributed by atoms with Crippen LogP contribution in [0.2, 0.25) is 0 Å². The van der Waals surface area contributed by atoms with Crippen LogP contribution >= 0.6 is 0 Å². The molecule has 1 unspecified atom stereocenters. The number of benzene rings is 1. The third kappa shape index (κ3) is 4.07. The largest absolute Gasteiger partial charge is 0.481 e. The van der Waals surface area contributed by atoms with Crippen molar-refractivity contribution in [3.8, 4) is 0 Å². The monoisotopic (exact) mass is 373 g/mol. The van der Waals surface area contributed by atoms with Gasteiger partial charge in [0, 0.05) is 37.4 Å². The minimum atomic E-state index is -0.903. The van der Waals surface area contributed by atoms with E-state index in [2.05, 4.69) is 5.32 Å². The van der Waals surface area contributed by atoms with Crippen LogP contribution in [0.3, 0.4) is 0 Å². The fraction of sp³-hybridized carbons (Fsp3) is 0.550. The van der Waals surface area contributed by atoms with E-state index in [1.807, 2.05) is 17.9 Å². The molecule has 3 amide bonds. The highest BCUT2D eigenvalue weighted by Crippen LogP contribution is 2.30. The van der Waals surface area contributed by atoms with Crippen LogP contribution in [0.25, 0.3) is 0 Å². The predicted molar refractivity (Wildman–Crippen MR) is 102 cm³/mol. The van der Waals surface area contributed by atoms with Gasteiger partial charge in [0.05, 0.1) is 5.41 Å². The van der Waals surface area contributed by atoms with E-state index in [0.717, 1.165) is 37.9 Å². The summed E-state index contributed by atoms with van der Waals surface area (Å²) in [4.78, 5) is 40.1. The quantitative estimate of drug-likeness (QED) is 0.852. The molecular weight excluding hydrogens is 346 g/mol. The molecule has 2 saturated heterocycles.